The number of piperidine rings is 1. The molecule has 1 saturated carbocycles. The number of hydrogen-bond acceptors (Lipinski definition) is 4. The smallest absolute Gasteiger partial charge is 0.236 e. The van der Waals surface area contributed by atoms with Gasteiger partial charge in [0.25, 0.3) is 0 Å². The first-order valence-corrected chi connectivity index (χ1v) is 12.2. The summed E-state index contributed by atoms with van der Waals surface area (Å²) in [7, 11) is -3.59. The minimum Gasteiger partial charge on any atom is -0.372 e. The van der Waals surface area contributed by atoms with Gasteiger partial charge in [-0.2, -0.15) is 0 Å². The summed E-state index contributed by atoms with van der Waals surface area (Å²) in [6.07, 6.45) is 7.55. The number of carbonyl (C=O) groups is 1. The molecule has 1 aromatic carbocycles. The Morgan fingerprint density at radius 2 is 1.68 bits per heavy atom. The van der Waals surface area contributed by atoms with E-state index in [1.54, 1.807) is 0 Å². The van der Waals surface area contributed by atoms with Gasteiger partial charge in [0.15, 0.2) is 0 Å². The zero-order chi connectivity index (χ0) is 20.0. The van der Waals surface area contributed by atoms with Crippen LogP contribution in [0, 0.1) is 5.92 Å². The van der Waals surface area contributed by atoms with Crippen molar-refractivity contribution in [3.8, 4) is 0 Å². The largest absolute Gasteiger partial charge is 0.372 e. The third-order valence-electron chi connectivity index (χ3n) is 5.83. The monoisotopic (exact) mass is 407 g/mol. The summed E-state index contributed by atoms with van der Waals surface area (Å²) < 4.78 is 27.2. The van der Waals surface area contributed by atoms with Gasteiger partial charge in [-0.25, -0.2) is 13.1 Å². The van der Waals surface area contributed by atoms with E-state index in [0.717, 1.165) is 44.3 Å². The molecule has 1 saturated heterocycles. The van der Waals surface area contributed by atoms with Crippen molar-refractivity contribution in [1.29, 1.82) is 0 Å². The second kappa shape index (κ2) is 9.74. The molecule has 2 N–H and O–H groups in total. The Bertz CT molecular complexity index is 735. The number of sulfonamides is 1. The van der Waals surface area contributed by atoms with E-state index >= 15 is 0 Å². The molecule has 0 bridgehead atoms. The molecule has 1 aliphatic heterocycles. The van der Waals surface area contributed by atoms with Gasteiger partial charge in [0.2, 0.25) is 15.9 Å². The van der Waals surface area contributed by atoms with Crippen LogP contribution in [0.4, 0.5) is 5.69 Å². The molecule has 0 spiro atoms. The molecule has 3 rings (SSSR count). The second-order valence-electron chi connectivity index (χ2n) is 8.32. The first-order chi connectivity index (χ1) is 13.4. The Labute approximate surface area is 169 Å². The lowest BCUT2D eigenvalue weighted by Gasteiger charge is -2.28. The second-order valence-corrected chi connectivity index (χ2v) is 10.1. The third-order valence-corrected chi connectivity index (χ3v) is 7.17. The lowest BCUT2D eigenvalue weighted by Crippen LogP contribution is -2.42. The molecular formula is C21H33N3O3S. The van der Waals surface area contributed by atoms with Crippen LogP contribution in [-0.4, -0.2) is 39.2 Å². The number of amides is 1. The van der Waals surface area contributed by atoms with Gasteiger partial charge in [-0.05, 0) is 68.6 Å². The maximum atomic E-state index is 12.2. The van der Waals surface area contributed by atoms with E-state index < -0.39 is 21.7 Å². The first kappa shape index (κ1) is 21.1. The Balaban J connectivity index is 1.43. The molecule has 0 atom stereocenters. The molecule has 0 radical (unpaired) electrons. The standard InChI is InChI=1S/C21H33N3O3S/c1-17-5-9-19(10-6-17)23-28(26,27)16-21(25)22-15-18-7-11-20(12-8-18)24-13-3-2-4-14-24/h7-8,11-12,17,19,23H,2-6,9-10,13-16H2,1H3,(H,22,25). The van der Waals surface area contributed by atoms with Crippen molar-refractivity contribution < 1.29 is 13.2 Å². The number of nitrogens with zero attached hydrogens (tertiary/aromatic N) is 1. The normalized spacial score (nSPS) is 23.4. The van der Waals surface area contributed by atoms with Gasteiger partial charge in [0.1, 0.15) is 5.75 Å². The summed E-state index contributed by atoms with van der Waals surface area (Å²) in [5.41, 5.74) is 2.18. The number of benzene rings is 1. The third kappa shape index (κ3) is 6.48. The number of hydrogen-bond donors (Lipinski definition) is 2. The van der Waals surface area contributed by atoms with Crippen molar-refractivity contribution >= 4 is 21.6 Å². The van der Waals surface area contributed by atoms with Gasteiger partial charge in [-0.1, -0.05) is 19.1 Å². The summed E-state index contributed by atoms with van der Waals surface area (Å²) in [5.74, 6) is -0.313. The van der Waals surface area contributed by atoms with Gasteiger partial charge < -0.3 is 10.2 Å². The van der Waals surface area contributed by atoms with Crippen molar-refractivity contribution in [3.05, 3.63) is 29.8 Å². The van der Waals surface area contributed by atoms with E-state index in [2.05, 4.69) is 34.0 Å². The van der Waals surface area contributed by atoms with Gasteiger partial charge in [0, 0.05) is 31.4 Å². The van der Waals surface area contributed by atoms with Crippen LogP contribution in [0.1, 0.15) is 57.4 Å². The van der Waals surface area contributed by atoms with Crippen LogP contribution in [0.15, 0.2) is 24.3 Å². The van der Waals surface area contributed by atoms with E-state index in [4.69, 9.17) is 0 Å². The molecule has 2 fully saturated rings. The molecule has 1 aliphatic carbocycles. The maximum absolute atomic E-state index is 12.2. The van der Waals surface area contributed by atoms with Crippen molar-refractivity contribution in [2.24, 2.45) is 5.92 Å². The Morgan fingerprint density at radius 3 is 2.32 bits per heavy atom. The molecule has 156 valence electrons. The van der Waals surface area contributed by atoms with E-state index in [9.17, 15) is 13.2 Å². The van der Waals surface area contributed by atoms with Gasteiger partial charge >= 0.3 is 0 Å². The number of carbonyl (C=O) groups excluding carboxylic acids is 1. The van der Waals surface area contributed by atoms with Crippen LogP contribution in [0.25, 0.3) is 0 Å². The zero-order valence-electron chi connectivity index (χ0n) is 16.8. The van der Waals surface area contributed by atoms with Crippen molar-refractivity contribution in [2.45, 2.75) is 64.5 Å². The predicted octanol–water partition coefficient (Wildman–Crippen LogP) is 2.79. The molecule has 1 amide bonds. The fraction of sp³-hybridized carbons (Fsp3) is 0.667. The van der Waals surface area contributed by atoms with Crippen molar-refractivity contribution in [2.75, 3.05) is 23.7 Å². The van der Waals surface area contributed by atoms with Crippen LogP contribution in [0.3, 0.4) is 0 Å². The first-order valence-electron chi connectivity index (χ1n) is 10.5. The lowest BCUT2D eigenvalue weighted by atomic mass is 9.88. The predicted molar refractivity (Wildman–Crippen MR) is 113 cm³/mol. The molecule has 6 nitrogen and oxygen atoms in total. The van der Waals surface area contributed by atoms with E-state index in [1.807, 2.05) is 12.1 Å². The fourth-order valence-electron chi connectivity index (χ4n) is 4.07. The molecule has 1 heterocycles. The van der Waals surface area contributed by atoms with Crippen LogP contribution in [0.2, 0.25) is 0 Å². The van der Waals surface area contributed by atoms with Crippen LogP contribution >= 0.6 is 0 Å². The molecule has 0 aromatic heterocycles. The minimum absolute atomic E-state index is 0.0312. The molecular weight excluding hydrogens is 374 g/mol. The SMILES string of the molecule is CC1CCC(NS(=O)(=O)CC(=O)NCc2ccc(N3CCCCC3)cc2)CC1. The zero-order valence-corrected chi connectivity index (χ0v) is 17.6. The fourth-order valence-corrected chi connectivity index (χ4v) is 5.35. The Hall–Kier alpha value is -1.60. The average Bonchev–Trinajstić information content (AvgIpc) is 2.69. The average molecular weight is 408 g/mol. The van der Waals surface area contributed by atoms with Crippen LogP contribution in [0.5, 0.6) is 0 Å². The lowest BCUT2D eigenvalue weighted by molar-refractivity contribution is -0.118. The van der Waals surface area contributed by atoms with Crippen molar-refractivity contribution in [1.82, 2.24) is 10.0 Å². The summed E-state index contributed by atoms with van der Waals surface area (Å²) in [6, 6.07) is 8.13. The van der Waals surface area contributed by atoms with E-state index in [1.165, 1.54) is 24.9 Å². The highest BCUT2D eigenvalue weighted by Crippen LogP contribution is 2.24. The Morgan fingerprint density at radius 1 is 1.04 bits per heavy atom. The van der Waals surface area contributed by atoms with Crippen LogP contribution in [-0.2, 0) is 21.4 Å². The van der Waals surface area contributed by atoms with E-state index in [0.29, 0.717) is 12.5 Å². The highest BCUT2D eigenvalue weighted by atomic mass is 32.2. The molecule has 1 aromatic rings. The van der Waals surface area contributed by atoms with Gasteiger partial charge in [-0.15, -0.1) is 0 Å². The van der Waals surface area contributed by atoms with Gasteiger partial charge in [0.05, 0.1) is 0 Å². The molecule has 28 heavy (non-hydrogen) atoms. The minimum atomic E-state index is -3.59. The van der Waals surface area contributed by atoms with E-state index in [-0.39, 0.29) is 6.04 Å². The number of anilines is 1. The summed E-state index contributed by atoms with van der Waals surface area (Å²) in [6.45, 7) is 4.73. The molecule has 2 aliphatic rings. The van der Waals surface area contributed by atoms with Crippen LogP contribution < -0.4 is 14.9 Å². The highest BCUT2D eigenvalue weighted by Gasteiger charge is 2.24. The number of rotatable bonds is 7. The Kier molecular flexibility index (Phi) is 7.35. The highest BCUT2D eigenvalue weighted by molar-refractivity contribution is 7.90. The van der Waals surface area contributed by atoms with Crippen molar-refractivity contribution in [3.63, 3.8) is 0 Å². The topological polar surface area (TPSA) is 78.5 Å². The summed E-state index contributed by atoms with van der Waals surface area (Å²) >= 11 is 0. The van der Waals surface area contributed by atoms with Gasteiger partial charge in [-0.3, -0.25) is 4.79 Å². The molecule has 7 heteroatoms. The number of nitrogens with one attached hydrogen (secondary N) is 2. The maximum Gasteiger partial charge on any atom is 0.236 e. The summed E-state index contributed by atoms with van der Waals surface area (Å²) in [4.78, 5) is 14.5. The quantitative estimate of drug-likeness (QED) is 0.729. The molecule has 0 unspecified atom stereocenters. The summed E-state index contributed by atoms with van der Waals surface area (Å²) in [5, 5.41) is 2.73.